The fraction of sp³-hybridized carbons (Fsp3) is 0.333. The van der Waals surface area contributed by atoms with Gasteiger partial charge in [-0.1, -0.05) is 18.2 Å². The lowest BCUT2D eigenvalue weighted by Gasteiger charge is -2.22. The lowest BCUT2D eigenvalue weighted by Crippen LogP contribution is -2.42. The number of pyridine rings is 3. The van der Waals surface area contributed by atoms with Crippen LogP contribution in [-0.2, 0) is 24.4 Å². The van der Waals surface area contributed by atoms with Crippen LogP contribution in [0.2, 0.25) is 0 Å². The Labute approximate surface area is 184 Å². The van der Waals surface area contributed by atoms with Crippen molar-refractivity contribution in [3.63, 3.8) is 0 Å². The molecule has 1 N–H and O–H groups in total. The molecule has 0 spiro atoms. The second kappa shape index (κ2) is 12.5. The van der Waals surface area contributed by atoms with Gasteiger partial charge < -0.3 is 10.2 Å². The largest absolute Gasteiger partial charge is 0.343 e. The molecule has 3 aromatic rings. The van der Waals surface area contributed by atoms with E-state index in [0.29, 0.717) is 0 Å². The van der Waals surface area contributed by atoms with Crippen molar-refractivity contribution >= 4 is 6.41 Å². The van der Waals surface area contributed by atoms with Gasteiger partial charge in [-0.15, -0.1) is 0 Å². The molecule has 1 saturated heterocycles. The predicted octanol–water partition coefficient (Wildman–Crippen LogP) is 2.43. The van der Waals surface area contributed by atoms with Crippen molar-refractivity contribution < 1.29 is 4.79 Å². The first-order valence-electron chi connectivity index (χ1n) is 10.6. The number of hydrogen-bond donors (Lipinski definition) is 1. The van der Waals surface area contributed by atoms with E-state index >= 15 is 0 Å². The highest BCUT2D eigenvalue weighted by Crippen LogP contribution is 2.11. The maximum Gasteiger partial charge on any atom is 0.209 e. The molecular formula is C24H30N6O. The molecule has 31 heavy (non-hydrogen) atoms. The number of piperazine rings is 1. The summed E-state index contributed by atoms with van der Waals surface area (Å²) in [5.41, 5.74) is 4.34. The van der Waals surface area contributed by atoms with Crippen molar-refractivity contribution in [1.29, 1.82) is 0 Å². The maximum atomic E-state index is 10.1. The molecule has 0 aliphatic carbocycles. The molecule has 162 valence electrons. The number of carbonyl (C=O) groups excluding carboxylic acids is 1. The summed E-state index contributed by atoms with van der Waals surface area (Å²) in [4.78, 5) is 27.5. The summed E-state index contributed by atoms with van der Waals surface area (Å²) in [6.07, 6.45) is 6.48. The summed E-state index contributed by atoms with van der Waals surface area (Å²) in [7, 11) is 0. The van der Waals surface area contributed by atoms with Crippen molar-refractivity contribution in [3.8, 4) is 0 Å². The molecule has 4 rings (SSSR count). The van der Waals surface area contributed by atoms with Crippen LogP contribution in [0.5, 0.6) is 0 Å². The zero-order chi connectivity index (χ0) is 21.7. The zero-order valence-electron chi connectivity index (χ0n) is 18.0. The normalized spacial score (nSPS) is 13.4. The molecule has 1 fully saturated rings. The number of rotatable bonds is 7. The number of aryl methyl sites for hydroxylation is 1. The van der Waals surface area contributed by atoms with Crippen LogP contribution in [0.4, 0.5) is 0 Å². The molecule has 3 aromatic heterocycles. The number of nitrogens with zero attached hydrogens (tertiary/aromatic N) is 5. The van der Waals surface area contributed by atoms with Crippen LogP contribution in [0.25, 0.3) is 0 Å². The van der Waals surface area contributed by atoms with Crippen LogP contribution in [0.3, 0.4) is 0 Å². The SMILES string of the molecule is Cc1ccc(CN(Cc2ccccn2)Cc2ccccn2)nc1.O=CN1CCNCC1. The smallest absolute Gasteiger partial charge is 0.209 e. The van der Waals surface area contributed by atoms with E-state index in [1.807, 2.05) is 55.0 Å². The number of amides is 1. The fourth-order valence-corrected chi connectivity index (χ4v) is 3.22. The topological polar surface area (TPSA) is 74.2 Å². The molecule has 1 aliphatic heterocycles. The Hall–Kier alpha value is -3.16. The first-order chi connectivity index (χ1) is 15.2. The van der Waals surface area contributed by atoms with Gasteiger partial charge in [0, 0.05) is 64.4 Å². The van der Waals surface area contributed by atoms with Gasteiger partial charge in [0.25, 0.3) is 0 Å². The molecular weight excluding hydrogens is 388 g/mol. The van der Waals surface area contributed by atoms with Crippen molar-refractivity contribution in [2.75, 3.05) is 26.2 Å². The van der Waals surface area contributed by atoms with Gasteiger partial charge in [0.1, 0.15) is 0 Å². The standard InChI is InChI=1S/C19H20N4.C5H10N2O/c1-16-8-9-19(22-12-16)15-23(13-17-6-2-4-10-20-17)14-18-7-3-5-11-21-18;8-5-7-3-1-6-2-4-7/h2-12H,13-15H2,1H3;5-6H,1-4H2. The predicted molar refractivity (Wildman–Crippen MR) is 121 cm³/mol. The lowest BCUT2D eigenvalue weighted by atomic mass is 10.2. The molecule has 0 bridgehead atoms. The molecule has 0 aromatic carbocycles. The highest BCUT2D eigenvalue weighted by atomic mass is 16.1. The van der Waals surface area contributed by atoms with Crippen LogP contribution in [0.15, 0.2) is 67.1 Å². The highest BCUT2D eigenvalue weighted by Gasteiger charge is 2.10. The third-order valence-electron chi connectivity index (χ3n) is 4.88. The average Bonchev–Trinajstić information content (AvgIpc) is 2.83. The van der Waals surface area contributed by atoms with Crippen molar-refractivity contribution in [3.05, 3.63) is 89.8 Å². The summed E-state index contributed by atoms with van der Waals surface area (Å²) in [5, 5.41) is 3.15. The van der Waals surface area contributed by atoms with Gasteiger partial charge in [-0.05, 0) is 42.8 Å². The van der Waals surface area contributed by atoms with E-state index in [9.17, 15) is 4.79 Å². The van der Waals surface area contributed by atoms with Crippen molar-refractivity contribution in [1.82, 2.24) is 30.1 Å². The van der Waals surface area contributed by atoms with Gasteiger partial charge in [0.2, 0.25) is 6.41 Å². The van der Waals surface area contributed by atoms with Crippen LogP contribution in [-0.4, -0.2) is 57.3 Å². The first-order valence-corrected chi connectivity index (χ1v) is 10.6. The second-order valence-electron chi connectivity index (χ2n) is 7.51. The molecule has 0 unspecified atom stereocenters. The quantitative estimate of drug-likeness (QED) is 0.594. The minimum absolute atomic E-state index is 0.771. The van der Waals surface area contributed by atoms with E-state index in [0.717, 1.165) is 69.3 Å². The van der Waals surface area contributed by atoms with Crippen LogP contribution in [0, 0.1) is 6.92 Å². The average molecular weight is 419 g/mol. The fourth-order valence-electron chi connectivity index (χ4n) is 3.22. The van der Waals surface area contributed by atoms with Crippen molar-refractivity contribution in [2.24, 2.45) is 0 Å². The third kappa shape index (κ3) is 8.24. The van der Waals surface area contributed by atoms with E-state index in [-0.39, 0.29) is 0 Å². The number of hydrogen-bond acceptors (Lipinski definition) is 6. The number of aromatic nitrogens is 3. The monoisotopic (exact) mass is 418 g/mol. The molecule has 7 nitrogen and oxygen atoms in total. The van der Waals surface area contributed by atoms with E-state index in [2.05, 4.69) is 44.2 Å². The number of carbonyl (C=O) groups is 1. The van der Waals surface area contributed by atoms with E-state index < -0.39 is 0 Å². The Balaban J connectivity index is 0.000000287. The maximum absolute atomic E-state index is 10.1. The Bertz CT molecular complexity index is 841. The molecule has 7 heteroatoms. The number of nitrogens with one attached hydrogen (secondary N) is 1. The molecule has 0 radical (unpaired) electrons. The van der Waals surface area contributed by atoms with E-state index in [1.54, 1.807) is 4.90 Å². The van der Waals surface area contributed by atoms with Crippen molar-refractivity contribution in [2.45, 2.75) is 26.6 Å². The lowest BCUT2D eigenvalue weighted by molar-refractivity contribution is -0.118. The molecule has 1 aliphatic rings. The summed E-state index contributed by atoms with van der Waals surface area (Å²) >= 11 is 0. The Kier molecular flexibility index (Phi) is 9.09. The van der Waals surface area contributed by atoms with Gasteiger partial charge in [0.15, 0.2) is 0 Å². The van der Waals surface area contributed by atoms with E-state index in [4.69, 9.17) is 0 Å². The van der Waals surface area contributed by atoms with Gasteiger partial charge in [-0.2, -0.15) is 0 Å². The molecule has 0 atom stereocenters. The summed E-state index contributed by atoms with van der Waals surface area (Å²) in [5.74, 6) is 0. The summed E-state index contributed by atoms with van der Waals surface area (Å²) in [6, 6.07) is 16.2. The van der Waals surface area contributed by atoms with Gasteiger partial charge >= 0.3 is 0 Å². The zero-order valence-corrected chi connectivity index (χ0v) is 18.0. The minimum Gasteiger partial charge on any atom is -0.343 e. The third-order valence-corrected chi connectivity index (χ3v) is 4.88. The molecule has 1 amide bonds. The van der Waals surface area contributed by atoms with Crippen LogP contribution in [0.1, 0.15) is 22.6 Å². The molecule has 4 heterocycles. The van der Waals surface area contributed by atoms with E-state index in [1.165, 1.54) is 5.56 Å². The summed E-state index contributed by atoms with van der Waals surface area (Å²) < 4.78 is 0. The van der Waals surface area contributed by atoms with Gasteiger partial charge in [-0.3, -0.25) is 24.6 Å². The summed E-state index contributed by atoms with van der Waals surface area (Å²) in [6.45, 7) is 7.98. The van der Waals surface area contributed by atoms with Crippen LogP contribution < -0.4 is 5.32 Å². The van der Waals surface area contributed by atoms with Gasteiger partial charge in [-0.25, -0.2) is 0 Å². The minimum atomic E-state index is 0.771. The second-order valence-corrected chi connectivity index (χ2v) is 7.51. The van der Waals surface area contributed by atoms with Crippen LogP contribution >= 0.6 is 0 Å². The highest BCUT2D eigenvalue weighted by molar-refractivity contribution is 5.47. The Morgan fingerprint density at radius 3 is 1.87 bits per heavy atom. The first kappa shape index (κ1) is 22.5. The molecule has 0 saturated carbocycles. The Morgan fingerprint density at radius 1 is 0.871 bits per heavy atom. The Morgan fingerprint density at radius 2 is 1.45 bits per heavy atom. The van der Waals surface area contributed by atoms with Gasteiger partial charge in [0.05, 0.1) is 17.1 Å².